The van der Waals surface area contributed by atoms with Crippen LogP contribution in [0.4, 0.5) is 5.69 Å². The Kier molecular flexibility index (Phi) is 6.73. The summed E-state index contributed by atoms with van der Waals surface area (Å²) >= 11 is 0. The fourth-order valence-corrected chi connectivity index (χ4v) is 3.67. The molecule has 1 amide bonds. The number of nitrogens with zero attached hydrogens (tertiary/aromatic N) is 4. The minimum atomic E-state index is -0.387. The SMILES string of the molecule is CCN(CC)c1ccc(O)c(C=NN2C(=O)C(=Cc3ccc(O)cc3)N=C2c2ccccc2)c1. The van der Waals surface area contributed by atoms with Gasteiger partial charge >= 0.3 is 0 Å². The Morgan fingerprint density at radius 3 is 2.35 bits per heavy atom. The van der Waals surface area contributed by atoms with Gasteiger partial charge in [0.15, 0.2) is 5.84 Å². The second-order valence-corrected chi connectivity index (χ2v) is 7.70. The molecule has 0 saturated heterocycles. The Balaban J connectivity index is 1.71. The molecule has 3 aromatic carbocycles. The van der Waals surface area contributed by atoms with Gasteiger partial charge in [-0.05, 0) is 55.8 Å². The minimum Gasteiger partial charge on any atom is -0.508 e. The van der Waals surface area contributed by atoms with E-state index >= 15 is 0 Å². The number of phenols is 2. The van der Waals surface area contributed by atoms with Crippen LogP contribution in [0.2, 0.25) is 0 Å². The predicted molar refractivity (Wildman–Crippen MR) is 135 cm³/mol. The van der Waals surface area contributed by atoms with Crippen LogP contribution in [-0.2, 0) is 4.79 Å². The molecular weight excluding hydrogens is 428 g/mol. The van der Waals surface area contributed by atoms with Gasteiger partial charge in [-0.3, -0.25) is 4.79 Å². The molecule has 0 bridgehead atoms. The van der Waals surface area contributed by atoms with Crippen LogP contribution < -0.4 is 4.90 Å². The number of hydrazone groups is 1. The lowest BCUT2D eigenvalue weighted by atomic mass is 10.1. The predicted octanol–water partition coefficient (Wildman–Crippen LogP) is 4.61. The average Bonchev–Trinajstić information content (AvgIpc) is 3.17. The molecule has 0 fully saturated rings. The summed E-state index contributed by atoms with van der Waals surface area (Å²) < 4.78 is 0. The molecule has 2 N–H and O–H groups in total. The van der Waals surface area contributed by atoms with Crippen LogP contribution in [0.3, 0.4) is 0 Å². The van der Waals surface area contributed by atoms with Crippen LogP contribution in [0.1, 0.15) is 30.5 Å². The van der Waals surface area contributed by atoms with E-state index in [1.807, 2.05) is 42.5 Å². The van der Waals surface area contributed by atoms with Crippen LogP contribution in [0.5, 0.6) is 11.5 Å². The number of aromatic hydroxyl groups is 2. The first-order valence-electron chi connectivity index (χ1n) is 11.1. The molecule has 3 aromatic rings. The van der Waals surface area contributed by atoms with Crippen molar-refractivity contribution in [3.05, 3.63) is 95.2 Å². The first-order chi connectivity index (χ1) is 16.5. The lowest BCUT2D eigenvalue weighted by Crippen LogP contribution is -2.27. The van der Waals surface area contributed by atoms with Gasteiger partial charge in [-0.15, -0.1) is 0 Å². The standard InChI is InChI=1S/C27H26N4O3/c1-3-30(4-2)22-12-15-25(33)21(17-22)18-28-31-26(20-8-6-5-7-9-20)29-24(27(31)34)16-19-10-13-23(32)14-11-19/h5-18,32-33H,3-4H2,1-2H3. The Morgan fingerprint density at radius 2 is 1.68 bits per heavy atom. The lowest BCUT2D eigenvalue weighted by Gasteiger charge is -2.21. The number of benzene rings is 3. The molecule has 1 aliphatic heterocycles. The molecule has 34 heavy (non-hydrogen) atoms. The summed E-state index contributed by atoms with van der Waals surface area (Å²) in [5, 5.41) is 25.6. The number of hydrogen-bond acceptors (Lipinski definition) is 6. The average molecular weight is 455 g/mol. The lowest BCUT2D eigenvalue weighted by molar-refractivity contribution is -0.122. The number of amides is 1. The van der Waals surface area contributed by atoms with E-state index in [1.165, 1.54) is 11.2 Å². The maximum absolute atomic E-state index is 13.2. The quantitative estimate of drug-likeness (QED) is 0.403. The van der Waals surface area contributed by atoms with Gasteiger partial charge in [0.1, 0.15) is 17.2 Å². The van der Waals surface area contributed by atoms with Gasteiger partial charge < -0.3 is 15.1 Å². The Bertz CT molecular complexity index is 1260. The summed E-state index contributed by atoms with van der Waals surface area (Å²) in [6.45, 7) is 5.80. The first kappa shape index (κ1) is 22.8. The summed E-state index contributed by atoms with van der Waals surface area (Å²) in [6, 6.07) is 21.2. The van der Waals surface area contributed by atoms with Crippen molar-refractivity contribution in [1.29, 1.82) is 0 Å². The summed E-state index contributed by atoms with van der Waals surface area (Å²) in [5.74, 6) is 0.226. The van der Waals surface area contributed by atoms with Crippen LogP contribution in [-0.4, -0.2) is 46.3 Å². The molecule has 0 unspecified atom stereocenters. The fraction of sp³-hybridized carbons (Fsp3) is 0.148. The maximum Gasteiger partial charge on any atom is 0.298 e. The van der Waals surface area contributed by atoms with Gasteiger partial charge in [0.05, 0.1) is 6.21 Å². The van der Waals surface area contributed by atoms with E-state index in [0.29, 0.717) is 11.4 Å². The second kappa shape index (κ2) is 10.0. The van der Waals surface area contributed by atoms with Crippen molar-refractivity contribution >= 4 is 29.7 Å². The molecule has 1 heterocycles. The Morgan fingerprint density at radius 1 is 0.971 bits per heavy atom. The van der Waals surface area contributed by atoms with Gasteiger partial charge in [0.25, 0.3) is 5.91 Å². The largest absolute Gasteiger partial charge is 0.508 e. The number of carbonyl (C=O) groups is 1. The first-order valence-corrected chi connectivity index (χ1v) is 11.1. The number of phenolic OH excluding ortho intramolecular Hbond substituents is 2. The van der Waals surface area contributed by atoms with Gasteiger partial charge in [-0.25, -0.2) is 4.99 Å². The number of aliphatic imine (C=N–C) groups is 1. The molecule has 0 aliphatic carbocycles. The van der Waals surface area contributed by atoms with Crippen LogP contribution in [0.15, 0.2) is 88.6 Å². The minimum absolute atomic E-state index is 0.0735. The van der Waals surface area contributed by atoms with E-state index in [4.69, 9.17) is 0 Å². The normalized spacial score (nSPS) is 14.8. The summed E-state index contributed by atoms with van der Waals surface area (Å²) in [5.41, 5.74) is 3.15. The third-order valence-electron chi connectivity index (χ3n) is 5.52. The molecular formula is C27H26N4O3. The van der Waals surface area contributed by atoms with Crippen LogP contribution in [0, 0.1) is 0 Å². The van der Waals surface area contributed by atoms with Gasteiger partial charge in [-0.2, -0.15) is 10.1 Å². The molecule has 0 aromatic heterocycles. The molecule has 1 aliphatic rings. The monoisotopic (exact) mass is 454 g/mol. The van der Waals surface area contributed by atoms with Crippen LogP contribution >= 0.6 is 0 Å². The van der Waals surface area contributed by atoms with Crippen molar-refractivity contribution in [2.45, 2.75) is 13.8 Å². The molecule has 0 atom stereocenters. The zero-order valence-corrected chi connectivity index (χ0v) is 19.1. The van der Waals surface area contributed by atoms with Crippen molar-refractivity contribution in [2.75, 3.05) is 18.0 Å². The highest BCUT2D eigenvalue weighted by Gasteiger charge is 2.31. The zero-order valence-electron chi connectivity index (χ0n) is 19.1. The van der Waals surface area contributed by atoms with E-state index in [0.717, 1.165) is 29.9 Å². The number of rotatable bonds is 7. The van der Waals surface area contributed by atoms with Crippen molar-refractivity contribution in [3.63, 3.8) is 0 Å². The summed E-state index contributed by atoms with van der Waals surface area (Å²) in [7, 11) is 0. The molecule has 0 spiro atoms. The van der Waals surface area contributed by atoms with E-state index in [-0.39, 0.29) is 23.1 Å². The third kappa shape index (κ3) is 4.83. The van der Waals surface area contributed by atoms with Crippen LogP contribution in [0.25, 0.3) is 6.08 Å². The molecule has 0 saturated carbocycles. The molecule has 4 rings (SSSR count). The summed E-state index contributed by atoms with van der Waals surface area (Å²) in [6.07, 6.45) is 3.13. The van der Waals surface area contributed by atoms with Crippen molar-refractivity contribution in [2.24, 2.45) is 10.1 Å². The van der Waals surface area contributed by atoms with Gasteiger partial charge in [-0.1, -0.05) is 42.5 Å². The highest BCUT2D eigenvalue weighted by Crippen LogP contribution is 2.25. The molecule has 7 heteroatoms. The summed E-state index contributed by atoms with van der Waals surface area (Å²) in [4.78, 5) is 20.0. The van der Waals surface area contributed by atoms with E-state index in [1.54, 1.807) is 36.4 Å². The van der Waals surface area contributed by atoms with Crippen molar-refractivity contribution in [1.82, 2.24) is 5.01 Å². The zero-order chi connectivity index (χ0) is 24.1. The second-order valence-electron chi connectivity index (χ2n) is 7.70. The number of amidine groups is 1. The topological polar surface area (TPSA) is 88.7 Å². The van der Waals surface area contributed by atoms with Gasteiger partial charge in [0.2, 0.25) is 0 Å². The number of anilines is 1. The molecule has 172 valence electrons. The molecule has 0 radical (unpaired) electrons. The number of carbonyl (C=O) groups excluding carboxylic acids is 1. The smallest absolute Gasteiger partial charge is 0.298 e. The van der Waals surface area contributed by atoms with Gasteiger partial charge in [0, 0.05) is 29.9 Å². The van der Waals surface area contributed by atoms with E-state index in [2.05, 4.69) is 28.8 Å². The maximum atomic E-state index is 13.2. The highest BCUT2D eigenvalue weighted by molar-refractivity contribution is 6.19. The van der Waals surface area contributed by atoms with E-state index < -0.39 is 0 Å². The van der Waals surface area contributed by atoms with Crippen molar-refractivity contribution in [3.8, 4) is 11.5 Å². The van der Waals surface area contributed by atoms with Crippen molar-refractivity contribution < 1.29 is 15.0 Å². The third-order valence-corrected chi connectivity index (χ3v) is 5.52. The Labute approximate surface area is 198 Å². The molecule has 7 nitrogen and oxygen atoms in total. The highest BCUT2D eigenvalue weighted by atomic mass is 16.3. The Hall–Kier alpha value is -4.39. The number of hydrogen-bond donors (Lipinski definition) is 2. The van der Waals surface area contributed by atoms with E-state index in [9.17, 15) is 15.0 Å². The fourth-order valence-electron chi connectivity index (χ4n) is 3.67.